The molecule has 0 radical (unpaired) electrons. The summed E-state index contributed by atoms with van der Waals surface area (Å²) < 4.78 is 0. The summed E-state index contributed by atoms with van der Waals surface area (Å²) in [6.07, 6.45) is 4.66. The zero-order chi connectivity index (χ0) is 15.1. The van der Waals surface area contributed by atoms with Crippen molar-refractivity contribution >= 4 is 11.7 Å². The summed E-state index contributed by atoms with van der Waals surface area (Å²) in [4.78, 5) is 28.6. The van der Waals surface area contributed by atoms with Crippen molar-refractivity contribution in [2.45, 2.75) is 31.7 Å². The molecule has 0 aliphatic heterocycles. The number of hydrogen-bond acceptors (Lipinski definition) is 3. The Morgan fingerprint density at radius 2 is 2.09 bits per heavy atom. The van der Waals surface area contributed by atoms with Gasteiger partial charge in [0.2, 0.25) is 0 Å². The zero-order valence-corrected chi connectivity index (χ0v) is 12.1. The van der Waals surface area contributed by atoms with Gasteiger partial charge >= 0.3 is 0 Å². The van der Waals surface area contributed by atoms with Gasteiger partial charge in [-0.1, -0.05) is 24.3 Å². The van der Waals surface area contributed by atoms with Crippen molar-refractivity contribution in [1.29, 1.82) is 0 Å². The van der Waals surface area contributed by atoms with Gasteiger partial charge in [-0.05, 0) is 36.5 Å². The van der Waals surface area contributed by atoms with Crippen LogP contribution >= 0.6 is 0 Å². The number of amides is 1. The van der Waals surface area contributed by atoms with Gasteiger partial charge in [0, 0.05) is 18.2 Å². The molecule has 1 atom stereocenters. The molecule has 0 saturated carbocycles. The minimum absolute atomic E-state index is 0.0652. The van der Waals surface area contributed by atoms with E-state index in [9.17, 15) is 9.59 Å². The van der Waals surface area contributed by atoms with E-state index in [2.05, 4.69) is 16.4 Å². The van der Waals surface area contributed by atoms with Crippen molar-refractivity contribution in [2.75, 3.05) is 0 Å². The van der Waals surface area contributed by atoms with Crippen LogP contribution in [0.15, 0.2) is 36.5 Å². The van der Waals surface area contributed by atoms with Crippen molar-refractivity contribution in [3.8, 4) is 0 Å². The average Bonchev–Trinajstić information content (AvgIpc) is 2.52. The molecule has 2 aliphatic carbocycles. The number of benzene rings is 1. The number of aryl methyl sites for hydroxylation is 1. The molecule has 2 aromatic rings. The predicted octanol–water partition coefficient (Wildman–Crippen LogP) is 2.63. The number of ketones is 1. The fourth-order valence-corrected chi connectivity index (χ4v) is 3.24. The largest absolute Gasteiger partial charge is 0.345 e. The van der Waals surface area contributed by atoms with Crippen LogP contribution in [0.1, 0.15) is 56.4 Å². The standard InChI is InChI=1S/C18H16N2O2/c21-17-7-3-6-15-14(17)8-12(10-19-15)18(22)20-16-9-11-4-1-2-5-13(11)16/h1-2,4-5,8,10,16H,3,6-7,9H2,(H,20,22). The summed E-state index contributed by atoms with van der Waals surface area (Å²) in [6, 6.07) is 9.88. The number of Topliss-reactive ketones (excluding diaryl/α,β-unsaturated/α-hetero) is 1. The van der Waals surface area contributed by atoms with Crippen LogP contribution in [0.3, 0.4) is 0 Å². The van der Waals surface area contributed by atoms with Gasteiger partial charge in [-0.2, -0.15) is 0 Å². The van der Waals surface area contributed by atoms with Crippen molar-refractivity contribution in [3.63, 3.8) is 0 Å². The molecular formula is C18H16N2O2. The lowest BCUT2D eigenvalue weighted by Crippen LogP contribution is -2.35. The average molecular weight is 292 g/mol. The Bertz CT molecular complexity index is 782. The molecule has 4 rings (SSSR count). The predicted molar refractivity (Wildman–Crippen MR) is 81.9 cm³/mol. The van der Waals surface area contributed by atoms with Crippen LogP contribution in [0.4, 0.5) is 0 Å². The maximum Gasteiger partial charge on any atom is 0.253 e. The van der Waals surface area contributed by atoms with Crippen molar-refractivity contribution in [3.05, 3.63) is 64.5 Å². The van der Waals surface area contributed by atoms with E-state index in [4.69, 9.17) is 0 Å². The summed E-state index contributed by atoms with van der Waals surface area (Å²) in [5, 5.41) is 3.02. The third-order valence-corrected chi connectivity index (χ3v) is 4.51. The molecule has 0 spiro atoms. The number of carbonyl (C=O) groups is 2. The smallest absolute Gasteiger partial charge is 0.253 e. The molecule has 1 aromatic heterocycles. The van der Waals surface area contributed by atoms with E-state index >= 15 is 0 Å². The first-order valence-electron chi connectivity index (χ1n) is 7.63. The van der Waals surface area contributed by atoms with Gasteiger partial charge < -0.3 is 5.32 Å². The lowest BCUT2D eigenvalue weighted by Gasteiger charge is -2.30. The van der Waals surface area contributed by atoms with Crippen LogP contribution in [0, 0.1) is 0 Å². The van der Waals surface area contributed by atoms with Gasteiger partial charge in [0.1, 0.15) is 0 Å². The van der Waals surface area contributed by atoms with E-state index in [-0.39, 0.29) is 17.7 Å². The normalized spacial score (nSPS) is 18.9. The fourth-order valence-electron chi connectivity index (χ4n) is 3.24. The van der Waals surface area contributed by atoms with Gasteiger partial charge in [0.15, 0.2) is 5.78 Å². The molecule has 1 aromatic carbocycles. The van der Waals surface area contributed by atoms with Crippen LogP contribution in [-0.4, -0.2) is 16.7 Å². The number of rotatable bonds is 2. The molecular weight excluding hydrogens is 276 g/mol. The third-order valence-electron chi connectivity index (χ3n) is 4.51. The molecule has 0 bridgehead atoms. The van der Waals surface area contributed by atoms with Gasteiger partial charge in [0.25, 0.3) is 5.91 Å². The molecule has 110 valence electrons. The number of pyridine rings is 1. The molecule has 0 fully saturated rings. The lowest BCUT2D eigenvalue weighted by atomic mass is 9.83. The number of fused-ring (bicyclic) bond motifs is 2. The van der Waals surface area contributed by atoms with Crippen molar-refractivity contribution in [1.82, 2.24) is 10.3 Å². The fraction of sp³-hybridized carbons (Fsp3) is 0.278. The van der Waals surface area contributed by atoms with E-state index in [0.717, 1.165) is 25.0 Å². The van der Waals surface area contributed by atoms with E-state index in [1.807, 2.05) is 18.2 Å². The molecule has 1 unspecified atom stereocenters. The minimum atomic E-state index is -0.159. The molecule has 1 heterocycles. The Balaban J connectivity index is 1.54. The molecule has 2 aliphatic rings. The van der Waals surface area contributed by atoms with Crippen molar-refractivity contribution in [2.24, 2.45) is 0 Å². The Kier molecular flexibility index (Phi) is 3.03. The summed E-state index contributed by atoms with van der Waals surface area (Å²) in [5.74, 6) is -0.0643. The number of carbonyl (C=O) groups excluding carboxylic acids is 2. The number of nitrogens with zero attached hydrogens (tertiary/aromatic N) is 1. The first-order chi connectivity index (χ1) is 10.7. The zero-order valence-electron chi connectivity index (χ0n) is 12.1. The lowest BCUT2D eigenvalue weighted by molar-refractivity contribution is 0.0931. The Morgan fingerprint density at radius 3 is 2.95 bits per heavy atom. The second kappa shape index (κ2) is 5.05. The maximum absolute atomic E-state index is 12.4. The van der Waals surface area contributed by atoms with Crippen LogP contribution in [0.2, 0.25) is 0 Å². The molecule has 1 N–H and O–H groups in total. The van der Waals surface area contributed by atoms with Gasteiger partial charge in [-0.25, -0.2) is 0 Å². The van der Waals surface area contributed by atoms with E-state index in [1.165, 1.54) is 11.1 Å². The molecule has 22 heavy (non-hydrogen) atoms. The van der Waals surface area contributed by atoms with Crippen LogP contribution in [0.5, 0.6) is 0 Å². The monoisotopic (exact) mass is 292 g/mol. The minimum Gasteiger partial charge on any atom is -0.345 e. The van der Waals surface area contributed by atoms with Crippen LogP contribution in [-0.2, 0) is 12.8 Å². The summed E-state index contributed by atoms with van der Waals surface area (Å²) >= 11 is 0. The molecule has 4 heteroatoms. The van der Waals surface area contributed by atoms with E-state index in [1.54, 1.807) is 12.3 Å². The highest BCUT2D eigenvalue weighted by Crippen LogP contribution is 2.32. The van der Waals surface area contributed by atoms with Gasteiger partial charge in [-0.3, -0.25) is 14.6 Å². The Hall–Kier alpha value is -2.49. The third kappa shape index (κ3) is 2.11. The highest BCUT2D eigenvalue weighted by Gasteiger charge is 2.28. The molecule has 4 nitrogen and oxygen atoms in total. The first-order valence-corrected chi connectivity index (χ1v) is 7.63. The van der Waals surface area contributed by atoms with E-state index in [0.29, 0.717) is 17.5 Å². The second-order valence-corrected chi connectivity index (χ2v) is 5.92. The second-order valence-electron chi connectivity index (χ2n) is 5.92. The highest BCUT2D eigenvalue weighted by atomic mass is 16.1. The number of nitrogens with one attached hydrogen (secondary N) is 1. The van der Waals surface area contributed by atoms with E-state index < -0.39 is 0 Å². The maximum atomic E-state index is 12.4. The van der Waals surface area contributed by atoms with Gasteiger partial charge in [0.05, 0.1) is 17.3 Å². The quantitative estimate of drug-likeness (QED) is 0.925. The highest BCUT2D eigenvalue weighted by molar-refractivity contribution is 6.01. The van der Waals surface area contributed by atoms with Gasteiger partial charge in [-0.15, -0.1) is 0 Å². The molecule has 1 amide bonds. The summed E-state index contributed by atoms with van der Waals surface area (Å²) in [7, 11) is 0. The van der Waals surface area contributed by atoms with Crippen LogP contribution in [0.25, 0.3) is 0 Å². The summed E-state index contributed by atoms with van der Waals surface area (Å²) in [5.41, 5.74) is 4.37. The molecule has 0 saturated heterocycles. The van der Waals surface area contributed by atoms with Crippen molar-refractivity contribution < 1.29 is 9.59 Å². The number of hydrogen-bond donors (Lipinski definition) is 1. The first kappa shape index (κ1) is 13.2. The number of aromatic nitrogens is 1. The summed E-state index contributed by atoms with van der Waals surface area (Å²) in [6.45, 7) is 0. The SMILES string of the molecule is O=C(NC1Cc2ccccc21)c1cnc2c(c1)C(=O)CCC2. The van der Waals surface area contributed by atoms with Crippen LogP contribution < -0.4 is 5.32 Å². The Morgan fingerprint density at radius 1 is 1.23 bits per heavy atom. The Labute approximate surface area is 128 Å². The topological polar surface area (TPSA) is 59.1 Å².